The number of rotatable bonds is 1. The van der Waals surface area contributed by atoms with E-state index in [2.05, 4.69) is 20.4 Å². The van der Waals surface area contributed by atoms with Gasteiger partial charge in [-0.25, -0.2) is 0 Å². The quantitative estimate of drug-likeness (QED) is 0.691. The third-order valence-corrected chi connectivity index (χ3v) is 2.44. The van der Waals surface area contributed by atoms with Gasteiger partial charge >= 0.3 is 0 Å². The van der Waals surface area contributed by atoms with E-state index < -0.39 is 0 Å². The van der Waals surface area contributed by atoms with Crippen LogP contribution in [0.25, 0.3) is 10.9 Å². The molecule has 1 aromatic carbocycles. The molecule has 3 rings (SSSR count). The topological polar surface area (TPSA) is 50.0 Å². The number of pyridine rings is 1. The summed E-state index contributed by atoms with van der Waals surface area (Å²) in [4.78, 5) is 4.30. The van der Waals surface area contributed by atoms with Crippen molar-refractivity contribution < 1.29 is 0 Å². The van der Waals surface area contributed by atoms with Crippen molar-refractivity contribution >= 4 is 17.1 Å². The lowest BCUT2D eigenvalue weighted by Gasteiger charge is -2.06. The van der Waals surface area contributed by atoms with E-state index in [0.717, 1.165) is 16.5 Å². The monoisotopic (exact) mass is 196 g/mol. The molecule has 1 aliphatic heterocycles. The molecule has 72 valence electrons. The second-order valence-corrected chi connectivity index (χ2v) is 3.33. The smallest absolute Gasteiger partial charge is 0.136 e. The van der Waals surface area contributed by atoms with Gasteiger partial charge in [0, 0.05) is 11.6 Å². The Hall–Kier alpha value is -2.10. The van der Waals surface area contributed by atoms with E-state index in [9.17, 15) is 0 Å². The maximum absolute atomic E-state index is 4.30. The maximum atomic E-state index is 4.30. The van der Waals surface area contributed by atoms with Crippen molar-refractivity contribution in [2.45, 2.75) is 6.04 Å². The predicted molar refractivity (Wildman–Crippen MR) is 57.8 cm³/mol. The first-order valence-corrected chi connectivity index (χ1v) is 4.72. The van der Waals surface area contributed by atoms with Gasteiger partial charge in [-0.1, -0.05) is 18.2 Å². The molecule has 0 spiro atoms. The summed E-state index contributed by atoms with van der Waals surface area (Å²) < 4.78 is 0. The molecule has 0 saturated carbocycles. The van der Waals surface area contributed by atoms with E-state index in [-0.39, 0.29) is 6.04 Å². The van der Waals surface area contributed by atoms with Crippen LogP contribution < -0.4 is 0 Å². The van der Waals surface area contributed by atoms with E-state index >= 15 is 0 Å². The van der Waals surface area contributed by atoms with E-state index in [4.69, 9.17) is 0 Å². The Kier molecular flexibility index (Phi) is 1.78. The third kappa shape index (κ3) is 1.30. The summed E-state index contributed by atoms with van der Waals surface area (Å²) in [5.41, 5.74) is 2.08. The molecule has 0 radical (unpaired) electrons. The number of nitrogens with zero attached hydrogens (tertiary/aromatic N) is 4. The lowest BCUT2D eigenvalue weighted by Crippen LogP contribution is -1.95. The number of aromatic nitrogens is 1. The fourth-order valence-corrected chi connectivity index (χ4v) is 1.73. The number of fused-ring (bicyclic) bond motifs is 1. The van der Waals surface area contributed by atoms with Crippen LogP contribution in [0, 0.1) is 0 Å². The Morgan fingerprint density at radius 2 is 2.00 bits per heavy atom. The van der Waals surface area contributed by atoms with Crippen LogP contribution in [-0.4, -0.2) is 11.2 Å². The van der Waals surface area contributed by atoms with E-state index in [0.29, 0.717) is 0 Å². The summed E-state index contributed by atoms with van der Waals surface area (Å²) in [6, 6.07) is 9.91. The zero-order chi connectivity index (χ0) is 10.1. The van der Waals surface area contributed by atoms with Crippen LogP contribution in [0.4, 0.5) is 0 Å². The first-order chi connectivity index (χ1) is 7.45. The second kappa shape index (κ2) is 3.24. The lowest BCUT2D eigenvalue weighted by molar-refractivity contribution is 0.913. The van der Waals surface area contributed by atoms with Crippen LogP contribution in [0.2, 0.25) is 0 Å². The summed E-state index contributed by atoms with van der Waals surface area (Å²) in [5.74, 6) is 0. The van der Waals surface area contributed by atoms with Gasteiger partial charge in [-0.15, -0.1) is 5.10 Å². The molecule has 15 heavy (non-hydrogen) atoms. The summed E-state index contributed by atoms with van der Waals surface area (Å²) in [7, 11) is 0. The average Bonchev–Trinajstić information content (AvgIpc) is 2.82. The molecular weight excluding hydrogens is 188 g/mol. The highest BCUT2D eigenvalue weighted by molar-refractivity contribution is 5.86. The van der Waals surface area contributed by atoms with Gasteiger partial charge in [-0.05, 0) is 22.9 Å². The number of para-hydroxylation sites is 1. The van der Waals surface area contributed by atoms with Crippen LogP contribution in [0.3, 0.4) is 0 Å². The van der Waals surface area contributed by atoms with Gasteiger partial charge in [0.05, 0.1) is 11.7 Å². The highest BCUT2D eigenvalue weighted by Gasteiger charge is 2.14. The number of benzene rings is 1. The molecule has 0 amide bonds. The number of hydrogen-bond acceptors (Lipinski definition) is 4. The molecule has 2 heterocycles. The van der Waals surface area contributed by atoms with Crippen LogP contribution in [0.5, 0.6) is 0 Å². The molecule has 0 bridgehead atoms. The normalized spacial score (nSPS) is 18.8. The summed E-state index contributed by atoms with van der Waals surface area (Å²) in [6.07, 6.45) is 3.53. The Bertz CT molecular complexity index is 542. The van der Waals surface area contributed by atoms with Crippen LogP contribution in [-0.2, 0) is 0 Å². The lowest BCUT2D eigenvalue weighted by atomic mass is 10.0. The first kappa shape index (κ1) is 8.23. The van der Waals surface area contributed by atoms with Gasteiger partial charge in [-0.2, -0.15) is 5.11 Å². The molecule has 0 fully saturated rings. The molecule has 4 heteroatoms. The van der Waals surface area contributed by atoms with Crippen molar-refractivity contribution in [2.75, 3.05) is 0 Å². The van der Waals surface area contributed by atoms with E-state index in [1.165, 1.54) is 0 Å². The Morgan fingerprint density at radius 1 is 1.07 bits per heavy atom. The molecule has 0 saturated heterocycles. The van der Waals surface area contributed by atoms with Crippen LogP contribution in [0.1, 0.15) is 11.6 Å². The van der Waals surface area contributed by atoms with Gasteiger partial charge in [0.2, 0.25) is 0 Å². The third-order valence-electron chi connectivity index (χ3n) is 2.44. The van der Waals surface area contributed by atoms with E-state index in [1.54, 1.807) is 12.4 Å². The highest BCUT2D eigenvalue weighted by atomic mass is 15.4. The SMILES string of the molecule is C1=NN=NC1c1ccnc2ccccc12. The molecular formula is C11H8N4. The fourth-order valence-electron chi connectivity index (χ4n) is 1.73. The Labute approximate surface area is 86.4 Å². The zero-order valence-electron chi connectivity index (χ0n) is 7.91. The fraction of sp³-hybridized carbons (Fsp3) is 0.0909. The molecule has 4 nitrogen and oxygen atoms in total. The minimum Gasteiger partial charge on any atom is -0.256 e. The molecule has 1 unspecified atom stereocenters. The molecule has 1 atom stereocenters. The first-order valence-electron chi connectivity index (χ1n) is 4.72. The van der Waals surface area contributed by atoms with Gasteiger partial charge in [0.15, 0.2) is 0 Å². The second-order valence-electron chi connectivity index (χ2n) is 3.33. The molecule has 0 aliphatic carbocycles. The Balaban J connectivity index is 2.26. The maximum Gasteiger partial charge on any atom is 0.136 e. The minimum absolute atomic E-state index is 0.0575. The van der Waals surface area contributed by atoms with Gasteiger partial charge in [0.1, 0.15) is 6.04 Å². The van der Waals surface area contributed by atoms with Crippen molar-refractivity contribution in [1.82, 2.24) is 4.98 Å². The summed E-state index contributed by atoms with van der Waals surface area (Å²) in [5, 5.41) is 12.5. The van der Waals surface area contributed by atoms with Crippen molar-refractivity contribution in [3.8, 4) is 0 Å². The standard InChI is InChI=1S/C11H8N4/c1-2-4-10-8(3-1)9(5-6-12-10)11-7-13-15-14-11/h1-7,11H. The van der Waals surface area contributed by atoms with Crippen molar-refractivity contribution in [1.29, 1.82) is 0 Å². The number of hydrogen-bond donors (Lipinski definition) is 0. The van der Waals surface area contributed by atoms with Gasteiger partial charge < -0.3 is 0 Å². The van der Waals surface area contributed by atoms with Gasteiger partial charge in [-0.3, -0.25) is 4.98 Å². The largest absolute Gasteiger partial charge is 0.256 e. The van der Waals surface area contributed by atoms with Crippen molar-refractivity contribution in [2.24, 2.45) is 15.4 Å². The summed E-state index contributed by atoms with van der Waals surface area (Å²) >= 11 is 0. The summed E-state index contributed by atoms with van der Waals surface area (Å²) in [6.45, 7) is 0. The van der Waals surface area contributed by atoms with E-state index in [1.807, 2.05) is 30.3 Å². The molecule has 1 aliphatic rings. The zero-order valence-corrected chi connectivity index (χ0v) is 7.91. The molecule has 2 aromatic rings. The van der Waals surface area contributed by atoms with Crippen molar-refractivity contribution in [3.05, 3.63) is 42.1 Å². The highest BCUT2D eigenvalue weighted by Crippen LogP contribution is 2.26. The minimum atomic E-state index is -0.0575. The van der Waals surface area contributed by atoms with Gasteiger partial charge in [0.25, 0.3) is 0 Å². The Morgan fingerprint density at radius 3 is 2.87 bits per heavy atom. The molecule has 1 aromatic heterocycles. The molecule has 0 N–H and O–H groups in total. The van der Waals surface area contributed by atoms with Crippen molar-refractivity contribution in [3.63, 3.8) is 0 Å². The predicted octanol–water partition coefficient (Wildman–Crippen LogP) is 2.73. The van der Waals surface area contributed by atoms with Crippen LogP contribution >= 0.6 is 0 Å². The van der Waals surface area contributed by atoms with Crippen LogP contribution in [0.15, 0.2) is 52.0 Å². The average molecular weight is 196 g/mol.